The van der Waals surface area contributed by atoms with Gasteiger partial charge in [-0.05, 0) is 87.5 Å². The number of carbonyl (C=O) groups is 2. The third kappa shape index (κ3) is 8.42. The van der Waals surface area contributed by atoms with Crippen molar-refractivity contribution >= 4 is 50.9 Å². The zero-order chi connectivity index (χ0) is 30.9. The topological polar surface area (TPSA) is 96.0 Å². The molecule has 0 fully saturated rings. The fourth-order valence-electron chi connectivity index (χ4n) is 4.42. The van der Waals surface area contributed by atoms with Crippen molar-refractivity contribution in [2.24, 2.45) is 0 Å². The SMILES string of the molecule is CCOc1ccccc1N(CC(=O)N(Cc1ccc(Cl)cc1)C(CC)C(=O)NC(C)C)S(=O)(=O)c1ccc(SC)cc1. The summed E-state index contributed by atoms with van der Waals surface area (Å²) in [7, 11) is -4.22. The highest BCUT2D eigenvalue weighted by Crippen LogP contribution is 2.33. The van der Waals surface area contributed by atoms with Crippen LogP contribution < -0.4 is 14.4 Å². The molecular weight excluding hydrogens is 594 g/mol. The monoisotopic (exact) mass is 631 g/mol. The van der Waals surface area contributed by atoms with Gasteiger partial charge in [0.1, 0.15) is 18.3 Å². The van der Waals surface area contributed by atoms with Crippen LogP contribution in [0.4, 0.5) is 5.69 Å². The molecule has 0 aliphatic rings. The Morgan fingerprint density at radius 2 is 1.62 bits per heavy atom. The minimum atomic E-state index is -4.22. The summed E-state index contributed by atoms with van der Waals surface area (Å²) in [5.74, 6) is -0.524. The van der Waals surface area contributed by atoms with Crippen molar-refractivity contribution in [2.75, 3.05) is 23.7 Å². The van der Waals surface area contributed by atoms with E-state index in [-0.39, 0.29) is 29.1 Å². The number of hydrogen-bond donors (Lipinski definition) is 1. The van der Waals surface area contributed by atoms with E-state index in [4.69, 9.17) is 16.3 Å². The van der Waals surface area contributed by atoms with E-state index in [0.717, 1.165) is 14.8 Å². The summed E-state index contributed by atoms with van der Waals surface area (Å²) in [5.41, 5.74) is 0.980. The average molecular weight is 632 g/mol. The van der Waals surface area contributed by atoms with Crippen LogP contribution in [0.1, 0.15) is 39.7 Å². The van der Waals surface area contributed by atoms with Crippen molar-refractivity contribution in [2.45, 2.75) is 62.5 Å². The first-order valence-electron chi connectivity index (χ1n) is 13.7. The van der Waals surface area contributed by atoms with Crippen LogP contribution in [0.5, 0.6) is 5.75 Å². The van der Waals surface area contributed by atoms with Crippen LogP contribution in [0, 0.1) is 0 Å². The summed E-state index contributed by atoms with van der Waals surface area (Å²) in [5, 5.41) is 3.43. The van der Waals surface area contributed by atoms with Crippen LogP contribution in [0.2, 0.25) is 5.02 Å². The van der Waals surface area contributed by atoms with Gasteiger partial charge in [-0.3, -0.25) is 13.9 Å². The van der Waals surface area contributed by atoms with Gasteiger partial charge in [0, 0.05) is 22.5 Å². The Morgan fingerprint density at radius 3 is 2.19 bits per heavy atom. The number of carbonyl (C=O) groups excluding carboxylic acids is 2. The predicted octanol–water partition coefficient (Wildman–Crippen LogP) is 5.99. The average Bonchev–Trinajstić information content (AvgIpc) is 2.97. The number of benzene rings is 3. The van der Waals surface area contributed by atoms with Crippen LogP contribution in [-0.2, 0) is 26.2 Å². The minimum absolute atomic E-state index is 0.0354. The number of hydrogen-bond acceptors (Lipinski definition) is 6. The van der Waals surface area contributed by atoms with Crippen molar-refractivity contribution < 1.29 is 22.7 Å². The van der Waals surface area contributed by atoms with Crippen LogP contribution in [0.3, 0.4) is 0 Å². The first kappa shape index (κ1) is 33.3. The fourth-order valence-corrected chi connectivity index (χ4v) is 6.37. The molecule has 0 saturated heterocycles. The summed E-state index contributed by atoms with van der Waals surface area (Å²) in [6.45, 7) is 7.15. The van der Waals surface area contributed by atoms with Crippen molar-refractivity contribution in [3.8, 4) is 5.75 Å². The molecule has 42 heavy (non-hydrogen) atoms. The maximum absolute atomic E-state index is 14.2. The molecule has 0 aliphatic carbocycles. The highest BCUT2D eigenvalue weighted by Gasteiger charge is 2.35. The Hall–Kier alpha value is -3.21. The van der Waals surface area contributed by atoms with Crippen LogP contribution in [-0.4, -0.2) is 56.6 Å². The third-order valence-electron chi connectivity index (χ3n) is 6.44. The molecule has 0 aliphatic heterocycles. The number of rotatable bonds is 14. The number of sulfonamides is 1. The fraction of sp³-hybridized carbons (Fsp3) is 0.355. The minimum Gasteiger partial charge on any atom is -0.492 e. The van der Waals surface area contributed by atoms with Gasteiger partial charge in [-0.15, -0.1) is 11.8 Å². The summed E-state index contributed by atoms with van der Waals surface area (Å²) in [4.78, 5) is 29.8. The normalized spacial score (nSPS) is 12.1. The molecule has 3 rings (SSSR count). The van der Waals surface area contributed by atoms with Crippen LogP contribution in [0.25, 0.3) is 0 Å². The van der Waals surface area contributed by atoms with E-state index in [1.165, 1.54) is 28.8 Å². The largest absolute Gasteiger partial charge is 0.492 e. The lowest BCUT2D eigenvalue weighted by atomic mass is 10.1. The molecule has 0 spiro atoms. The predicted molar refractivity (Wildman–Crippen MR) is 170 cm³/mol. The molecule has 3 aromatic rings. The molecule has 1 atom stereocenters. The van der Waals surface area contributed by atoms with E-state index in [0.29, 0.717) is 23.8 Å². The summed E-state index contributed by atoms with van der Waals surface area (Å²) in [6.07, 6.45) is 2.23. The molecule has 1 unspecified atom stereocenters. The van der Waals surface area contributed by atoms with E-state index in [1.54, 1.807) is 67.6 Å². The van der Waals surface area contributed by atoms with Gasteiger partial charge in [-0.2, -0.15) is 0 Å². The van der Waals surface area contributed by atoms with E-state index in [9.17, 15) is 18.0 Å². The number of halogens is 1. The maximum atomic E-state index is 14.2. The first-order valence-corrected chi connectivity index (χ1v) is 16.8. The number of ether oxygens (including phenoxy) is 1. The third-order valence-corrected chi connectivity index (χ3v) is 9.21. The van der Waals surface area contributed by atoms with Crippen molar-refractivity contribution in [1.82, 2.24) is 10.2 Å². The van der Waals surface area contributed by atoms with Gasteiger partial charge in [0.25, 0.3) is 10.0 Å². The van der Waals surface area contributed by atoms with Gasteiger partial charge in [0.2, 0.25) is 11.8 Å². The molecular formula is C31H38ClN3O5S2. The number of para-hydroxylation sites is 2. The van der Waals surface area contributed by atoms with Gasteiger partial charge in [-0.1, -0.05) is 42.8 Å². The second-order valence-corrected chi connectivity index (χ2v) is 13.0. The smallest absolute Gasteiger partial charge is 0.264 e. The quantitative estimate of drug-likeness (QED) is 0.220. The molecule has 226 valence electrons. The molecule has 1 N–H and O–H groups in total. The van der Waals surface area contributed by atoms with E-state index in [1.807, 2.05) is 27.0 Å². The van der Waals surface area contributed by atoms with Crippen LogP contribution >= 0.6 is 23.4 Å². The Balaban J connectivity index is 2.11. The number of nitrogens with one attached hydrogen (secondary N) is 1. The molecule has 0 radical (unpaired) electrons. The molecule has 0 bridgehead atoms. The molecule has 0 saturated carbocycles. The van der Waals surface area contributed by atoms with Crippen molar-refractivity contribution in [3.05, 3.63) is 83.4 Å². The standard InChI is InChI=1S/C31H38ClN3O5S2/c1-6-27(31(37)33-22(3)4)34(20-23-12-14-24(32)15-13-23)30(36)21-35(28-10-8-9-11-29(28)40-7-2)42(38,39)26-18-16-25(41-5)17-19-26/h8-19,22,27H,6-7,20-21H2,1-5H3,(H,33,37). The molecule has 2 amide bonds. The summed E-state index contributed by atoms with van der Waals surface area (Å²) < 4.78 is 35.2. The van der Waals surface area contributed by atoms with E-state index >= 15 is 0 Å². The lowest BCUT2D eigenvalue weighted by Crippen LogP contribution is -2.53. The zero-order valence-electron chi connectivity index (χ0n) is 24.5. The van der Waals surface area contributed by atoms with E-state index < -0.39 is 28.5 Å². The van der Waals surface area contributed by atoms with Gasteiger partial charge in [-0.25, -0.2) is 8.42 Å². The van der Waals surface area contributed by atoms with Gasteiger partial charge in [0.05, 0.1) is 17.2 Å². The molecule has 0 aromatic heterocycles. The lowest BCUT2D eigenvalue weighted by Gasteiger charge is -2.34. The molecule has 11 heteroatoms. The number of amides is 2. The van der Waals surface area contributed by atoms with Crippen molar-refractivity contribution in [3.63, 3.8) is 0 Å². The molecule has 8 nitrogen and oxygen atoms in total. The number of thioether (sulfide) groups is 1. The second kappa shape index (κ2) is 15.3. The Labute approximate surface area is 258 Å². The highest BCUT2D eigenvalue weighted by molar-refractivity contribution is 7.98. The van der Waals surface area contributed by atoms with Crippen LogP contribution in [0.15, 0.2) is 82.6 Å². The van der Waals surface area contributed by atoms with Gasteiger partial charge in [0.15, 0.2) is 0 Å². The Bertz CT molecular complexity index is 1450. The van der Waals surface area contributed by atoms with Crippen molar-refractivity contribution in [1.29, 1.82) is 0 Å². The van der Waals surface area contributed by atoms with Gasteiger partial charge < -0.3 is 15.0 Å². The maximum Gasteiger partial charge on any atom is 0.264 e. The summed E-state index contributed by atoms with van der Waals surface area (Å²) in [6, 6.07) is 19.2. The van der Waals surface area contributed by atoms with E-state index in [2.05, 4.69) is 5.32 Å². The highest BCUT2D eigenvalue weighted by atomic mass is 35.5. The second-order valence-electron chi connectivity index (χ2n) is 9.82. The Kier molecular flexibility index (Phi) is 12.1. The Morgan fingerprint density at radius 1 is 0.976 bits per heavy atom. The van der Waals surface area contributed by atoms with Gasteiger partial charge >= 0.3 is 0 Å². The zero-order valence-corrected chi connectivity index (χ0v) is 26.9. The molecule has 0 heterocycles. The lowest BCUT2D eigenvalue weighted by molar-refractivity contribution is -0.140. The summed E-state index contributed by atoms with van der Waals surface area (Å²) >= 11 is 7.58. The number of nitrogens with zero attached hydrogens (tertiary/aromatic N) is 2. The first-order chi connectivity index (χ1) is 20.0. The number of anilines is 1. The molecule has 3 aromatic carbocycles.